The van der Waals surface area contributed by atoms with Crippen LogP contribution in [0.5, 0.6) is 0 Å². The smallest absolute Gasteiger partial charge is 0.143 e. The van der Waals surface area contributed by atoms with Crippen LogP contribution in [0.25, 0.3) is 0 Å². The van der Waals surface area contributed by atoms with Crippen LogP contribution in [-0.4, -0.2) is 18.6 Å². The average Bonchev–Trinajstić information content (AvgIpc) is 2.18. The van der Waals surface area contributed by atoms with Crippen LogP contribution in [0.1, 0.15) is 6.42 Å². The summed E-state index contributed by atoms with van der Waals surface area (Å²) in [5.74, 6) is 0.741. The molecule has 0 unspecified atom stereocenters. The molecule has 78 valence electrons. The lowest BCUT2D eigenvalue weighted by Gasteiger charge is -2.05. The summed E-state index contributed by atoms with van der Waals surface area (Å²) in [6, 6.07) is 4.76. The SMILES string of the molecule is CSCCCNc1ccc(Cl)c(F)c1. The van der Waals surface area contributed by atoms with Gasteiger partial charge in [0.15, 0.2) is 0 Å². The van der Waals surface area contributed by atoms with Gasteiger partial charge in [-0.3, -0.25) is 0 Å². The second-order valence-electron chi connectivity index (χ2n) is 2.90. The van der Waals surface area contributed by atoms with Crippen LogP contribution in [0.2, 0.25) is 5.02 Å². The monoisotopic (exact) mass is 233 g/mol. The Morgan fingerprint density at radius 1 is 1.50 bits per heavy atom. The Bertz CT molecular complexity index is 293. The van der Waals surface area contributed by atoms with Crippen LogP contribution in [0, 0.1) is 5.82 Å². The highest BCUT2D eigenvalue weighted by atomic mass is 35.5. The second-order valence-corrected chi connectivity index (χ2v) is 4.29. The molecule has 0 heterocycles. The van der Waals surface area contributed by atoms with Crippen molar-refractivity contribution in [3.8, 4) is 0 Å². The van der Waals surface area contributed by atoms with Crippen molar-refractivity contribution in [1.82, 2.24) is 0 Å². The van der Waals surface area contributed by atoms with Crippen molar-refractivity contribution in [2.75, 3.05) is 23.9 Å². The topological polar surface area (TPSA) is 12.0 Å². The lowest BCUT2D eigenvalue weighted by atomic mass is 10.3. The fraction of sp³-hybridized carbons (Fsp3) is 0.400. The molecule has 0 radical (unpaired) electrons. The molecule has 0 aliphatic rings. The number of rotatable bonds is 5. The maximum absolute atomic E-state index is 13.0. The fourth-order valence-electron chi connectivity index (χ4n) is 1.06. The maximum Gasteiger partial charge on any atom is 0.143 e. The van der Waals surface area contributed by atoms with Crippen LogP contribution in [0.3, 0.4) is 0 Å². The normalized spacial score (nSPS) is 10.2. The summed E-state index contributed by atoms with van der Waals surface area (Å²) >= 11 is 7.37. The third-order valence-corrected chi connectivity index (χ3v) is 2.78. The Morgan fingerprint density at radius 2 is 2.29 bits per heavy atom. The molecule has 1 N–H and O–H groups in total. The lowest BCUT2D eigenvalue weighted by Crippen LogP contribution is -2.02. The van der Waals surface area contributed by atoms with Crippen molar-refractivity contribution in [2.45, 2.75) is 6.42 Å². The molecule has 1 aromatic rings. The number of halogens is 2. The summed E-state index contributed by atoms with van der Waals surface area (Å²) in [4.78, 5) is 0. The van der Waals surface area contributed by atoms with E-state index in [1.807, 2.05) is 11.8 Å². The van der Waals surface area contributed by atoms with Gasteiger partial charge in [0, 0.05) is 12.2 Å². The molecule has 0 aliphatic heterocycles. The predicted octanol–water partition coefficient (Wildman–Crippen LogP) is 3.64. The van der Waals surface area contributed by atoms with E-state index >= 15 is 0 Å². The van der Waals surface area contributed by atoms with E-state index < -0.39 is 0 Å². The molecule has 14 heavy (non-hydrogen) atoms. The van der Waals surface area contributed by atoms with Gasteiger partial charge >= 0.3 is 0 Å². The highest BCUT2D eigenvalue weighted by molar-refractivity contribution is 7.98. The molecule has 0 aromatic heterocycles. The number of anilines is 1. The van der Waals surface area contributed by atoms with Gasteiger partial charge in [-0.25, -0.2) is 4.39 Å². The van der Waals surface area contributed by atoms with Crippen LogP contribution >= 0.6 is 23.4 Å². The van der Waals surface area contributed by atoms with Gasteiger partial charge in [-0.2, -0.15) is 11.8 Å². The first-order valence-corrected chi connectivity index (χ1v) is 6.19. The first kappa shape index (κ1) is 11.7. The van der Waals surface area contributed by atoms with E-state index in [9.17, 15) is 4.39 Å². The van der Waals surface area contributed by atoms with Crippen LogP contribution < -0.4 is 5.32 Å². The summed E-state index contributed by atoms with van der Waals surface area (Å²) in [7, 11) is 0. The Morgan fingerprint density at radius 3 is 2.93 bits per heavy atom. The molecule has 0 spiro atoms. The molecule has 1 rings (SSSR count). The molecule has 0 fully saturated rings. The van der Waals surface area contributed by atoms with E-state index in [0.29, 0.717) is 0 Å². The molecule has 1 aromatic carbocycles. The first-order valence-electron chi connectivity index (χ1n) is 4.42. The van der Waals surface area contributed by atoms with Gasteiger partial charge in [0.1, 0.15) is 5.82 Å². The van der Waals surface area contributed by atoms with Gasteiger partial charge in [-0.1, -0.05) is 11.6 Å². The quantitative estimate of drug-likeness (QED) is 0.780. The number of hydrogen-bond acceptors (Lipinski definition) is 2. The van der Waals surface area contributed by atoms with Gasteiger partial charge < -0.3 is 5.32 Å². The zero-order valence-electron chi connectivity index (χ0n) is 8.02. The van der Waals surface area contributed by atoms with Gasteiger partial charge in [0.05, 0.1) is 5.02 Å². The minimum atomic E-state index is -0.374. The molecule has 1 nitrogen and oxygen atoms in total. The predicted molar refractivity (Wildman–Crippen MR) is 62.9 cm³/mol. The molecule has 0 saturated heterocycles. The highest BCUT2D eigenvalue weighted by Crippen LogP contribution is 2.18. The van der Waals surface area contributed by atoms with Crippen molar-refractivity contribution >= 4 is 29.1 Å². The number of thioether (sulfide) groups is 1. The van der Waals surface area contributed by atoms with E-state index in [2.05, 4.69) is 11.6 Å². The molecule has 0 atom stereocenters. The van der Waals surface area contributed by atoms with Crippen molar-refractivity contribution in [2.24, 2.45) is 0 Å². The molecule has 0 bridgehead atoms. The summed E-state index contributed by atoms with van der Waals surface area (Å²) in [5, 5.41) is 3.30. The Labute approximate surface area is 93.0 Å². The Balaban J connectivity index is 2.39. The van der Waals surface area contributed by atoms with Crippen molar-refractivity contribution in [1.29, 1.82) is 0 Å². The average molecular weight is 234 g/mol. The summed E-state index contributed by atoms with van der Waals surface area (Å²) in [5.41, 5.74) is 0.785. The van der Waals surface area contributed by atoms with Crippen molar-refractivity contribution in [3.63, 3.8) is 0 Å². The van der Waals surface area contributed by atoms with Crippen molar-refractivity contribution < 1.29 is 4.39 Å². The third kappa shape index (κ3) is 3.76. The number of hydrogen-bond donors (Lipinski definition) is 1. The Hall–Kier alpha value is -0.410. The van der Waals surface area contributed by atoms with Crippen LogP contribution in [-0.2, 0) is 0 Å². The molecule has 0 amide bonds. The largest absolute Gasteiger partial charge is 0.385 e. The van der Waals surface area contributed by atoms with Gasteiger partial charge in [0.25, 0.3) is 0 Å². The molecule has 4 heteroatoms. The minimum Gasteiger partial charge on any atom is -0.385 e. The van der Waals surface area contributed by atoms with E-state index in [-0.39, 0.29) is 10.8 Å². The molecular formula is C10H13ClFNS. The van der Waals surface area contributed by atoms with Gasteiger partial charge in [-0.05, 0) is 36.6 Å². The summed E-state index contributed by atoms with van der Waals surface area (Å²) in [6.45, 7) is 0.863. The van der Waals surface area contributed by atoms with E-state index in [1.165, 1.54) is 6.07 Å². The number of benzene rings is 1. The molecule has 0 saturated carbocycles. The zero-order valence-corrected chi connectivity index (χ0v) is 9.59. The lowest BCUT2D eigenvalue weighted by molar-refractivity contribution is 0.628. The van der Waals surface area contributed by atoms with Crippen LogP contribution in [0.4, 0.5) is 10.1 Å². The van der Waals surface area contributed by atoms with Crippen LogP contribution in [0.15, 0.2) is 18.2 Å². The summed E-state index contributed by atoms with van der Waals surface area (Å²) < 4.78 is 13.0. The fourth-order valence-corrected chi connectivity index (χ4v) is 1.61. The second kappa shape index (κ2) is 6.14. The first-order chi connectivity index (χ1) is 6.74. The zero-order chi connectivity index (χ0) is 10.4. The standard InChI is InChI=1S/C10H13ClFNS/c1-14-6-2-5-13-8-3-4-9(11)10(12)7-8/h3-4,7,13H,2,5-6H2,1H3. The maximum atomic E-state index is 13.0. The van der Waals surface area contributed by atoms with E-state index in [1.54, 1.807) is 12.1 Å². The Kier molecular flexibility index (Phi) is 5.12. The van der Waals surface area contributed by atoms with Crippen molar-refractivity contribution in [3.05, 3.63) is 29.0 Å². The highest BCUT2D eigenvalue weighted by Gasteiger charge is 1.99. The van der Waals surface area contributed by atoms with Gasteiger partial charge in [0.2, 0.25) is 0 Å². The molecule has 0 aliphatic carbocycles. The summed E-state index contributed by atoms with van der Waals surface area (Å²) in [6.07, 6.45) is 3.15. The minimum absolute atomic E-state index is 0.166. The van der Waals surface area contributed by atoms with E-state index in [0.717, 1.165) is 24.4 Å². The molecular weight excluding hydrogens is 221 g/mol. The van der Waals surface area contributed by atoms with Gasteiger partial charge in [-0.15, -0.1) is 0 Å². The van der Waals surface area contributed by atoms with E-state index in [4.69, 9.17) is 11.6 Å². The third-order valence-electron chi connectivity index (χ3n) is 1.77. The number of nitrogens with one attached hydrogen (secondary N) is 1.